The molecule has 1 fully saturated rings. The maximum absolute atomic E-state index is 12.5. The third-order valence-corrected chi connectivity index (χ3v) is 5.23. The molecule has 1 aliphatic rings. The first kappa shape index (κ1) is 19.0. The molecule has 0 atom stereocenters. The van der Waals surface area contributed by atoms with Crippen molar-refractivity contribution in [1.29, 1.82) is 0 Å². The third-order valence-electron chi connectivity index (χ3n) is 4.67. The van der Waals surface area contributed by atoms with Gasteiger partial charge in [-0.05, 0) is 36.4 Å². The van der Waals surface area contributed by atoms with Crippen molar-refractivity contribution in [2.45, 2.75) is 13.3 Å². The minimum absolute atomic E-state index is 0.0666. The predicted molar refractivity (Wildman–Crippen MR) is 110 cm³/mol. The van der Waals surface area contributed by atoms with Crippen LogP contribution in [0.25, 0.3) is 0 Å². The summed E-state index contributed by atoms with van der Waals surface area (Å²) in [6.45, 7) is 7.03. The van der Waals surface area contributed by atoms with Crippen LogP contribution in [-0.2, 0) is 11.2 Å². The summed E-state index contributed by atoms with van der Waals surface area (Å²) in [4.78, 5) is 17.2. The van der Waals surface area contributed by atoms with Crippen LogP contribution < -0.4 is 10.2 Å². The largest absolute Gasteiger partial charge is 0.366 e. The van der Waals surface area contributed by atoms with E-state index in [1.165, 1.54) is 0 Å². The van der Waals surface area contributed by atoms with Gasteiger partial charge < -0.3 is 15.1 Å². The molecule has 26 heavy (non-hydrogen) atoms. The zero-order valence-corrected chi connectivity index (χ0v) is 16.4. The fourth-order valence-electron chi connectivity index (χ4n) is 3.21. The Balaban J connectivity index is 1.72. The highest BCUT2D eigenvalue weighted by Crippen LogP contribution is 2.34. The highest BCUT2D eigenvalue weighted by molar-refractivity contribution is 6.34. The lowest BCUT2D eigenvalue weighted by atomic mass is 10.1. The Morgan fingerprint density at radius 2 is 1.73 bits per heavy atom. The number of piperazine rings is 1. The van der Waals surface area contributed by atoms with Crippen LogP contribution in [0.5, 0.6) is 0 Å². The van der Waals surface area contributed by atoms with Crippen LogP contribution in [-0.4, -0.2) is 43.5 Å². The van der Waals surface area contributed by atoms with Crippen LogP contribution in [0.15, 0.2) is 42.5 Å². The lowest BCUT2D eigenvalue weighted by Gasteiger charge is -2.36. The molecule has 2 aromatic carbocycles. The quantitative estimate of drug-likeness (QED) is 0.824. The number of anilines is 2. The van der Waals surface area contributed by atoms with E-state index >= 15 is 0 Å². The van der Waals surface area contributed by atoms with Crippen LogP contribution in [0.4, 0.5) is 11.4 Å². The molecular weight excluding hydrogens is 369 g/mol. The van der Waals surface area contributed by atoms with E-state index in [9.17, 15) is 4.79 Å². The van der Waals surface area contributed by atoms with E-state index in [1.807, 2.05) is 30.3 Å². The molecule has 1 heterocycles. The third kappa shape index (κ3) is 4.70. The molecule has 0 unspecified atom stereocenters. The lowest BCUT2D eigenvalue weighted by molar-refractivity contribution is -0.115. The molecule has 0 bridgehead atoms. The number of nitrogens with one attached hydrogen (secondary N) is 1. The summed E-state index contributed by atoms with van der Waals surface area (Å²) in [5.74, 6) is -0.0666. The molecule has 0 spiro atoms. The fourth-order valence-corrected chi connectivity index (χ4v) is 3.63. The fraction of sp³-hybridized carbons (Fsp3) is 0.350. The molecule has 138 valence electrons. The Bertz CT molecular complexity index is 756. The topological polar surface area (TPSA) is 35.6 Å². The van der Waals surface area contributed by atoms with E-state index in [0.717, 1.165) is 49.7 Å². The number of hydrogen-bond acceptors (Lipinski definition) is 3. The molecule has 0 radical (unpaired) electrons. The Morgan fingerprint density at radius 1 is 1.04 bits per heavy atom. The van der Waals surface area contributed by atoms with E-state index in [2.05, 4.69) is 22.0 Å². The smallest absolute Gasteiger partial charge is 0.228 e. The summed E-state index contributed by atoms with van der Waals surface area (Å²) in [6.07, 6.45) is 0.298. The number of halogens is 2. The average molecular weight is 392 g/mol. The minimum Gasteiger partial charge on any atom is -0.366 e. The Hall–Kier alpha value is -1.75. The van der Waals surface area contributed by atoms with Crippen LogP contribution in [0, 0.1) is 0 Å². The molecule has 0 aromatic heterocycles. The number of carbonyl (C=O) groups excluding carboxylic acids is 1. The minimum atomic E-state index is -0.0666. The molecule has 4 nitrogen and oxygen atoms in total. The van der Waals surface area contributed by atoms with E-state index in [0.29, 0.717) is 16.5 Å². The summed E-state index contributed by atoms with van der Waals surface area (Å²) in [6, 6.07) is 13.0. The normalized spacial score (nSPS) is 15.1. The maximum Gasteiger partial charge on any atom is 0.228 e. The van der Waals surface area contributed by atoms with E-state index in [1.54, 1.807) is 12.1 Å². The van der Waals surface area contributed by atoms with E-state index < -0.39 is 0 Å². The van der Waals surface area contributed by atoms with Crippen molar-refractivity contribution in [2.75, 3.05) is 42.9 Å². The summed E-state index contributed by atoms with van der Waals surface area (Å²) in [5, 5.41) is 4.36. The standard InChI is InChI=1S/C20H23Cl2N3O/c1-2-24-10-12-25(13-11-24)20-17(22)4-3-5-18(20)23-19(26)14-15-6-8-16(21)9-7-15/h3-9H,2,10-14H2,1H3,(H,23,26). The zero-order chi connectivity index (χ0) is 18.5. The van der Waals surface area contributed by atoms with Gasteiger partial charge in [0.1, 0.15) is 0 Å². The van der Waals surface area contributed by atoms with E-state index in [4.69, 9.17) is 23.2 Å². The van der Waals surface area contributed by atoms with Crippen molar-refractivity contribution < 1.29 is 4.79 Å². The lowest BCUT2D eigenvalue weighted by Crippen LogP contribution is -2.46. The van der Waals surface area contributed by atoms with Gasteiger partial charge in [0, 0.05) is 31.2 Å². The Morgan fingerprint density at radius 3 is 2.38 bits per heavy atom. The molecule has 1 N–H and O–H groups in total. The molecule has 1 aliphatic heterocycles. The van der Waals surface area contributed by atoms with E-state index in [-0.39, 0.29) is 5.91 Å². The first-order valence-electron chi connectivity index (χ1n) is 8.87. The second kappa shape index (κ2) is 8.76. The Kier molecular flexibility index (Phi) is 6.41. The molecule has 2 aromatic rings. The van der Waals surface area contributed by atoms with Gasteiger partial charge >= 0.3 is 0 Å². The van der Waals surface area contributed by atoms with Crippen LogP contribution in [0.3, 0.4) is 0 Å². The van der Waals surface area contributed by atoms with Crippen molar-refractivity contribution in [3.05, 3.63) is 58.1 Å². The number of hydrogen-bond donors (Lipinski definition) is 1. The molecule has 0 aliphatic carbocycles. The summed E-state index contributed by atoms with van der Waals surface area (Å²) < 4.78 is 0. The molecular formula is C20H23Cl2N3O. The van der Waals surface area contributed by atoms with Gasteiger partial charge in [-0.15, -0.1) is 0 Å². The first-order valence-corrected chi connectivity index (χ1v) is 9.62. The predicted octanol–water partition coefficient (Wildman–Crippen LogP) is 4.32. The number of rotatable bonds is 5. The van der Waals surface area contributed by atoms with Crippen molar-refractivity contribution in [3.8, 4) is 0 Å². The van der Waals surface area contributed by atoms with Crippen LogP contribution in [0.1, 0.15) is 12.5 Å². The molecule has 1 saturated heterocycles. The summed E-state index contributed by atoms with van der Waals surface area (Å²) in [7, 11) is 0. The van der Waals surface area contributed by atoms with Gasteiger partial charge in [-0.2, -0.15) is 0 Å². The van der Waals surface area contributed by atoms with Gasteiger partial charge in [0.05, 0.1) is 22.8 Å². The first-order chi connectivity index (χ1) is 12.6. The van der Waals surface area contributed by atoms with Gasteiger partial charge in [0.2, 0.25) is 5.91 Å². The number of amides is 1. The average Bonchev–Trinajstić information content (AvgIpc) is 2.64. The highest BCUT2D eigenvalue weighted by atomic mass is 35.5. The van der Waals surface area contributed by atoms with Gasteiger partial charge in [-0.25, -0.2) is 0 Å². The summed E-state index contributed by atoms with van der Waals surface area (Å²) in [5.41, 5.74) is 2.60. The van der Waals surface area contributed by atoms with Gasteiger partial charge in [-0.1, -0.05) is 48.3 Å². The molecule has 0 saturated carbocycles. The SMILES string of the molecule is CCN1CCN(c2c(Cl)cccc2NC(=O)Cc2ccc(Cl)cc2)CC1. The Labute approximate surface area is 164 Å². The van der Waals surface area contributed by atoms with Crippen molar-refractivity contribution in [3.63, 3.8) is 0 Å². The molecule has 6 heteroatoms. The number of para-hydroxylation sites is 1. The number of likely N-dealkylation sites (N-methyl/N-ethyl adjacent to an activating group) is 1. The highest BCUT2D eigenvalue weighted by Gasteiger charge is 2.21. The number of benzene rings is 2. The van der Waals surface area contributed by atoms with Crippen LogP contribution in [0.2, 0.25) is 10.0 Å². The molecule has 1 amide bonds. The second-order valence-electron chi connectivity index (χ2n) is 6.41. The second-order valence-corrected chi connectivity index (χ2v) is 7.25. The van der Waals surface area contributed by atoms with Crippen molar-refractivity contribution in [2.24, 2.45) is 0 Å². The van der Waals surface area contributed by atoms with Gasteiger partial charge in [0.25, 0.3) is 0 Å². The van der Waals surface area contributed by atoms with Gasteiger partial charge in [0.15, 0.2) is 0 Å². The molecule has 3 rings (SSSR count). The number of nitrogens with zero attached hydrogens (tertiary/aromatic N) is 2. The number of carbonyl (C=O) groups is 1. The van der Waals surface area contributed by atoms with Crippen LogP contribution >= 0.6 is 23.2 Å². The van der Waals surface area contributed by atoms with Gasteiger partial charge in [-0.3, -0.25) is 4.79 Å². The maximum atomic E-state index is 12.5. The van der Waals surface area contributed by atoms with Crippen molar-refractivity contribution >= 4 is 40.5 Å². The zero-order valence-electron chi connectivity index (χ0n) is 14.8. The monoisotopic (exact) mass is 391 g/mol. The van der Waals surface area contributed by atoms with Crippen molar-refractivity contribution in [1.82, 2.24) is 4.90 Å². The summed E-state index contributed by atoms with van der Waals surface area (Å²) >= 11 is 12.4.